The van der Waals surface area contributed by atoms with Crippen LogP contribution in [0.2, 0.25) is 0 Å². The first-order chi connectivity index (χ1) is 7.62. The number of likely N-dealkylation sites (N-methyl/N-ethyl adjacent to an activating group) is 1. The van der Waals surface area contributed by atoms with E-state index in [0.717, 1.165) is 5.75 Å². The lowest BCUT2D eigenvalue weighted by Gasteiger charge is -2.01. The van der Waals surface area contributed by atoms with Crippen LogP contribution in [0, 0.1) is 0 Å². The molecule has 5 nitrogen and oxygen atoms in total. The van der Waals surface area contributed by atoms with E-state index in [9.17, 15) is 9.59 Å². The van der Waals surface area contributed by atoms with Gasteiger partial charge in [-0.1, -0.05) is 0 Å². The highest BCUT2D eigenvalue weighted by Crippen LogP contribution is 1.80. The summed E-state index contributed by atoms with van der Waals surface area (Å²) in [6, 6.07) is 0.549. The molecule has 0 radical (unpaired) electrons. The number of hydrogen-bond donors (Lipinski definition) is 5. The lowest BCUT2D eigenvalue weighted by atomic mass is 10.4. The van der Waals surface area contributed by atoms with Crippen LogP contribution in [0.15, 0.2) is 0 Å². The molecular formula is C9H23N3O2S2. The van der Waals surface area contributed by atoms with E-state index >= 15 is 0 Å². The molecule has 0 rings (SSSR count). The molecule has 0 aromatic rings. The Hall–Kier alpha value is -0.400. The minimum absolute atomic E-state index is 0.0556. The maximum absolute atomic E-state index is 10.2. The molecule has 0 bridgehead atoms. The van der Waals surface area contributed by atoms with Gasteiger partial charge in [0.1, 0.15) is 0 Å². The third-order valence-electron chi connectivity index (χ3n) is 1.39. The van der Waals surface area contributed by atoms with Gasteiger partial charge in [-0.25, -0.2) is 0 Å². The minimum Gasteiger partial charge on any atom is -0.358 e. The van der Waals surface area contributed by atoms with E-state index in [4.69, 9.17) is 0 Å². The fourth-order valence-corrected chi connectivity index (χ4v) is 0.497. The summed E-state index contributed by atoms with van der Waals surface area (Å²) in [5.74, 6) is 0.716. The Morgan fingerprint density at radius 1 is 1.38 bits per heavy atom. The Morgan fingerprint density at radius 2 is 1.88 bits per heavy atom. The van der Waals surface area contributed by atoms with Crippen molar-refractivity contribution in [2.24, 2.45) is 0 Å². The molecule has 0 spiro atoms. The molecule has 0 heterocycles. The van der Waals surface area contributed by atoms with Crippen molar-refractivity contribution in [3.8, 4) is 0 Å². The monoisotopic (exact) mass is 269 g/mol. The standard InChI is InChI=1S/C4H8N2O2.C4H11NS.CH4S/c1-5-4(8)2-6-3-7;1-4(3-6)5-2;1-2/h3H,2H2,1H3,(H,5,8)(H,6,7);4-6H,3H2,1-2H3;2H,1H3. The average molecular weight is 269 g/mol. The van der Waals surface area contributed by atoms with Crippen molar-refractivity contribution < 1.29 is 9.59 Å². The molecule has 3 N–H and O–H groups in total. The molecule has 0 aliphatic heterocycles. The van der Waals surface area contributed by atoms with Gasteiger partial charge in [-0.15, -0.1) is 0 Å². The van der Waals surface area contributed by atoms with Crippen molar-refractivity contribution in [3.63, 3.8) is 0 Å². The zero-order valence-corrected chi connectivity index (χ0v) is 12.1. The highest BCUT2D eigenvalue weighted by atomic mass is 32.1. The maximum atomic E-state index is 10.2. The molecule has 16 heavy (non-hydrogen) atoms. The van der Waals surface area contributed by atoms with E-state index < -0.39 is 0 Å². The summed E-state index contributed by atoms with van der Waals surface area (Å²) in [5.41, 5.74) is 0. The van der Waals surface area contributed by atoms with Crippen molar-refractivity contribution in [1.82, 2.24) is 16.0 Å². The number of thiol groups is 2. The molecule has 0 aromatic heterocycles. The summed E-state index contributed by atoms with van der Waals surface area (Å²) in [5, 5.41) is 7.58. The molecule has 0 saturated carbocycles. The largest absolute Gasteiger partial charge is 0.358 e. The second kappa shape index (κ2) is 20.1. The Balaban J connectivity index is -0.000000188. The van der Waals surface area contributed by atoms with Gasteiger partial charge in [0.2, 0.25) is 12.3 Å². The number of nitrogens with one attached hydrogen (secondary N) is 3. The van der Waals surface area contributed by atoms with Gasteiger partial charge in [0, 0.05) is 18.8 Å². The molecule has 0 saturated heterocycles. The van der Waals surface area contributed by atoms with Crippen LogP contribution in [0.3, 0.4) is 0 Å². The molecule has 1 unspecified atom stereocenters. The lowest BCUT2D eigenvalue weighted by Crippen LogP contribution is -2.30. The summed E-state index contributed by atoms with van der Waals surface area (Å²) in [4.78, 5) is 19.8. The van der Waals surface area contributed by atoms with Crippen LogP contribution in [-0.2, 0) is 9.59 Å². The molecule has 1 atom stereocenters. The van der Waals surface area contributed by atoms with Crippen molar-refractivity contribution in [2.45, 2.75) is 13.0 Å². The molecular weight excluding hydrogens is 246 g/mol. The summed E-state index contributed by atoms with van der Waals surface area (Å²) in [6.45, 7) is 2.15. The summed E-state index contributed by atoms with van der Waals surface area (Å²) in [7, 11) is 3.44. The van der Waals surface area contributed by atoms with Gasteiger partial charge in [0.25, 0.3) is 0 Å². The third-order valence-corrected chi connectivity index (χ3v) is 1.94. The molecule has 98 valence electrons. The average Bonchev–Trinajstić information content (AvgIpc) is 2.37. The molecule has 0 fully saturated rings. The van der Waals surface area contributed by atoms with Gasteiger partial charge in [-0.05, 0) is 20.2 Å². The molecule has 0 aliphatic rings. The maximum Gasteiger partial charge on any atom is 0.239 e. The smallest absolute Gasteiger partial charge is 0.239 e. The van der Waals surface area contributed by atoms with Gasteiger partial charge in [-0.2, -0.15) is 25.3 Å². The second-order valence-electron chi connectivity index (χ2n) is 2.54. The predicted molar refractivity (Wildman–Crippen MR) is 75.4 cm³/mol. The Morgan fingerprint density at radius 3 is 2.06 bits per heavy atom. The Kier molecular flexibility index (Phi) is 26.3. The molecule has 2 amide bonds. The van der Waals surface area contributed by atoms with Crippen molar-refractivity contribution in [2.75, 3.05) is 32.6 Å². The van der Waals surface area contributed by atoms with Crippen LogP contribution < -0.4 is 16.0 Å². The van der Waals surface area contributed by atoms with E-state index in [1.54, 1.807) is 6.26 Å². The van der Waals surface area contributed by atoms with Gasteiger partial charge in [0.15, 0.2) is 0 Å². The van der Waals surface area contributed by atoms with E-state index in [1.165, 1.54) is 7.05 Å². The van der Waals surface area contributed by atoms with Crippen LogP contribution in [-0.4, -0.2) is 51.0 Å². The van der Waals surface area contributed by atoms with Crippen molar-refractivity contribution >= 4 is 37.6 Å². The highest BCUT2D eigenvalue weighted by molar-refractivity contribution is 7.80. The number of carbonyl (C=O) groups excluding carboxylic acids is 2. The predicted octanol–water partition coefficient (Wildman–Crippen LogP) is -0.451. The van der Waals surface area contributed by atoms with Gasteiger partial charge in [-0.3, -0.25) is 9.59 Å². The van der Waals surface area contributed by atoms with E-state index in [1.807, 2.05) is 7.05 Å². The number of amides is 2. The van der Waals surface area contributed by atoms with Crippen LogP contribution in [0.5, 0.6) is 0 Å². The molecule has 7 heteroatoms. The van der Waals surface area contributed by atoms with Gasteiger partial charge >= 0.3 is 0 Å². The van der Waals surface area contributed by atoms with Gasteiger partial charge < -0.3 is 16.0 Å². The van der Waals surface area contributed by atoms with Crippen LogP contribution in [0.1, 0.15) is 6.92 Å². The first kappa shape index (κ1) is 20.9. The number of rotatable bonds is 5. The molecule has 0 aliphatic carbocycles. The summed E-state index contributed by atoms with van der Waals surface area (Å²) >= 11 is 7.56. The highest BCUT2D eigenvalue weighted by Gasteiger charge is 1.91. The first-order valence-corrected chi connectivity index (χ1v) is 6.25. The minimum atomic E-state index is -0.197. The number of hydrogen-bond acceptors (Lipinski definition) is 5. The van der Waals surface area contributed by atoms with Crippen LogP contribution in [0.4, 0.5) is 0 Å². The topological polar surface area (TPSA) is 70.2 Å². The van der Waals surface area contributed by atoms with E-state index in [-0.39, 0.29) is 12.5 Å². The van der Waals surface area contributed by atoms with Crippen LogP contribution in [0.25, 0.3) is 0 Å². The fourth-order valence-electron chi connectivity index (χ4n) is 0.314. The van der Waals surface area contributed by atoms with Crippen LogP contribution >= 0.6 is 25.3 Å². The van der Waals surface area contributed by atoms with E-state index in [0.29, 0.717) is 12.5 Å². The normalized spacial score (nSPS) is 9.62. The Bertz CT molecular complexity index is 156. The quantitative estimate of drug-likeness (QED) is 0.347. The van der Waals surface area contributed by atoms with E-state index in [2.05, 4.69) is 48.1 Å². The first-order valence-electron chi connectivity index (χ1n) is 4.72. The van der Waals surface area contributed by atoms with Crippen molar-refractivity contribution in [3.05, 3.63) is 0 Å². The summed E-state index contributed by atoms with van der Waals surface area (Å²) in [6.07, 6.45) is 2.18. The van der Waals surface area contributed by atoms with Crippen molar-refractivity contribution in [1.29, 1.82) is 0 Å². The second-order valence-corrected chi connectivity index (χ2v) is 2.91. The zero-order valence-electron chi connectivity index (χ0n) is 10.3. The van der Waals surface area contributed by atoms with Gasteiger partial charge in [0.05, 0.1) is 6.54 Å². The molecule has 0 aromatic carbocycles. The third kappa shape index (κ3) is 23.4. The lowest BCUT2D eigenvalue weighted by molar-refractivity contribution is -0.121. The Labute approximate surface area is 109 Å². The number of carbonyl (C=O) groups is 2. The fraction of sp³-hybridized carbons (Fsp3) is 0.778. The zero-order chi connectivity index (χ0) is 13.4. The SMILES string of the molecule is CNC(=O)CNC=O.CNC(C)CS.CS. The summed E-state index contributed by atoms with van der Waals surface area (Å²) < 4.78 is 0.